The molecule has 0 aromatic heterocycles. The van der Waals surface area contributed by atoms with Crippen molar-refractivity contribution in [1.29, 1.82) is 0 Å². The zero-order valence-corrected chi connectivity index (χ0v) is 8.11. The van der Waals surface area contributed by atoms with Gasteiger partial charge < -0.3 is 10.5 Å². The average molecular weight is 195 g/mol. The van der Waals surface area contributed by atoms with E-state index in [0.717, 1.165) is 17.7 Å². The molecule has 1 aliphatic rings. The van der Waals surface area contributed by atoms with Crippen molar-refractivity contribution in [3.05, 3.63) is 29.8 Å². The highest BCUT2D eigenvalue weighted by atomic mass is 19.1. The van der Waals surface area contributed by atoms with E-state index in [1.807, 2.05) is 24.3 Å². The Balaban J connectivity index is 1.97. The predicted octanol–water partition coefficient (Wildman–Crippen LogP) is 1.53. The van der Waals surface area contributed by atoms with Crippen molar-refractivity contribution in [2.45, 2.75) is 18.6 Å². The van der Waals surface area contributed by atoms with Gasteiger partial charge in [0, 0.05) is 12.0 Å². The van der Waals surface area contributed by atoms with Crippen LogP contribution in [0, 0.1) is 5.92 Å². The Morgan fingerprint density at radius 2 is 1.93 bits per heavy atom. The zero-order chi connectivity index (χ0) is 10.1. The summed E-state index contributed by atoms with van der Waals surface area (Å²) in [7, 11) is 1.63. The molecule has 0 amide bonds. The first kappa shape index (κ1) is 9.46. The Morgan fingerprint density at radius 3 is 2.36 bits per heavy atom. The minimum atomic E-state index is -0.808. The van der Waals surface area contributed by atoms with Crippen molar-refractivity contribution in [3.8, 4) is 5.75 Å². The van der Waals surface area contributed by atoms with Crippen molar-refractivity contribution in [1.82, 2.24) is 0 Å². The van der Waals surface area contributed by atoms with Crippen molar-refractivity contribution < 1.29 is 9.13 Å². The minimum absolute atomic E-state index is 0.0170. The molecule has 1 aliphatic carbocycles. The largest absolute Gasteiger partial charge is 0.497 e. The van der Waals surface area contributed by atoms with Crippen LogP contribution in [-0.2, 0) is 6.42 Å². The summed E-state index contributed by atoms with van der Waals surface area (Å²) in [6.45, 7) is 0. The van der Waals surface area contributed by atoms with Gasteiger partial charge in [-0.1, -0.05) is 12.1 Å². The van der Waals surface area contributed by atoms with Gasteiger partial charge in [-0.3, -0.25) is 0 Å². The van der Waals surface area contributed by atoms with Crippen LogP contribution in [-0.4, -0.2) is 19.3 Å². The summed E-state index contributed by atoms with van der Waals surface area (Å²) >= 11 is 0. The molecule has 2 rings (SSSR count). The molecule has 1 aromatic rings. The quantitative estimate of drug-likeness (QED) is 0.793. The smallest absolute Gasteiger partial charge is 0.120 e. The van der Waals surface area contributed by atoms with E-state index in [9.17, 15) is 4.39 Å². The molecule has 2 nitrogen and oxygen atoms in total. The van der Waals surface area contributed by atoms with Gasteiger partial charge in [0.15, 0.2) is 0 Å². The normalized spacial score (nSPS) is 30.1. The lowest BCUT2D eigenvalue weighted by molar-refractivity contribution is 0.414. The van der Waals surface area contributed by atoms with Crippen molar-refractivity contribution >= 4 is 0 Å². The number of halogens is 1. The van der Waals surface area contributed by atoms with Gasteiger partial charge in [0.2, 0.25) is 0 Å². The van der Waals surface area contributed by atoms with Gasteiger partial charge in [-0.15, -0.1) is 0 Å². The standard InChI is InChI=1S/C11H14FNO/c1-14-8-4-2-7(3-5-8)6-9-10(12)11(9)13/h2-5,9-11H,6,13H2,1H3/t9?,10?,11-/m0/s1. The predicted molar refractivity (Wildman–Crippen MR) is 53.1 cm³/mol. The van der Waals surface area contributed by atoms with Crippen LogP contribution in [0.5, 0.6) is 5.75 Å². The fourth-order valence-corrected chi connectivity index (χ4v) is 1.64. The maximum atomic E-state index is 12.9. The summed E-state index contributed by atoms with van der Waals surface area (Å²) in [6, 6.07) is 7.43. The number of hydrogen-bond donors (Lipinski definition) is 1. The molecule has 14 heavy (non-hydrogen) atoms. The summed E-state index contributed by atoms with van der Waals surface area (Å²) in [5, 5.41) is 0. The number of nitrogens with two attached hydrogens (primary N) is 1. The van der Waals surface area contributed by atoms with Crippen LogP contribution in [0.15, 0.2) is 24.3 Å². The van der Waals surface area contributed by atoms with Crippen LogP contribution >= 0.6 is 0 Å². The minimum Gasteiger partial charge on any atom is -0.497 e. The second kappa shape index (κ2) is 3.58. The molecule has 0 radical (unpaired) electrons. The molecule has 1 fully saturated rings. The highest BCUT2D eigenvalue weighted by Gasteiger charge is 2.47. The number of hydrogen-bond acceptors (Lipinski definition) is 2. The lowest BCUT2D eigenvalue weighted by Gasteiger charge is -2.01. The van der Waals surface area contributed by atoms with E-state index < -0.39 is 6.17 Å². The lowest BCUT2D eigenvalue weighted by Crippen LogP contribution is -2.04. The molecule has 2 N–H and O–H groups in total. The van der Waals surface area contributed by atoms with E-state index in [2.05, 4.69) is 0 Å². The molecule has 0 spiro atoms. The molecular weight excluding hydrogens is 181 g/mol. The SMILES string of the molecule is COc1ccc(CC2C(F)[C@H]2N)cc1. The Labute approximate surface area is 82.9 Å². The number of ether oxygens (including phenoxy) is 1. The Kier molecular flexibility index (Phi) is 2.42. The van der Waals surface area contributed by atoms with Crippen molar-refractivity contribution in [3.63, 3.8) is 0 Å². The highest BCUT2D eigenvalue weighted by Crippen LogP contribution is 2.35. The van der Waals surface area contributed by atoms with E-state index in [1.54, 1.807) is 7.11 Å². The summed E-state index contributed by atoms with van der Waals surface area (Å²) < 4.78 is 17.9. The maximum Gasteiger partial charge on any atom is 0.120 e. The van der Waals surface area contributed by atoms with Gasteiger partial charge in [0.25, 0.3) is 0 Å². The molecule has 3 heteroatoms. The van der Waals surface area contributed by atoms with E-state index in [1.165, 1.54) is 0 Å². The first-order valence-corrected chi connectivity index (χ1v) is 4.75. The monoisotopic (exact) mass is 195 g/mol. The van der Waals surface area contributed by atoms with E-state index >= 15 is 0 Å². The maximum absolute atomic E-state index is 12.9. The van der Waals surface area contributed by atoms with Gasteiger partial charge in [-0.25, -0.2) is 4.39 Å². The van der Waals surface area contributed by atoms with Gasteiger partial charge in [-0.2, -0.15) is 0 Å². The number of benzene rings is 1. The first-order chi connectivity index (χ1) is 6.72. The molecule has 0 heterocycles. The third-order valence-electron chi connectivity index (χ3n) is 2.76. The van der Waals surface area contributed by atoms with E-state index in [4.69, 9.17) is 10.5 Å². The highest BCUT2D eigenvalue weighted by molar-refractivity contribution is 5.28. The lowest BCUT2D eigenvalue weighted by atomic mass is 10.1. The number of rotatable bonds is 3. The van der Waals surface area contributed by atoms with Crippen LogP contribution in [0.4, 0.5) is 4.39 Å². The topological polar surface area (TPSA) is 35.2 Å². The summed E-state index contributed by atoms with van der Waals surface area (Å²) in [5.74, 6) is 0.842. The van der Waals surface area contributed by atoms with E-state index in [0.29, 0.717) is 0 Å². The van der Waals surface area contributed by atoms with Gasteiger partial charge in [0.05, 0.1) is 7.11 Å². The number of methoxy groups -OCH3 is 1. The average Bonchev–Trinajstić information content (AvgIpc) is 2.77. The Bertz CT molecular complexity index is 304. The second-order valence-corrected chi connectivity index (χ2v) is 3.74. The molecule has 2 unspecified atom stereocenters. The zero-order valence-electron chi connectivity index (χ0n) is 8.11. The first-order valence-electron chi connectivity index (χ1n) is 4.75. The third-order valence-corrected chi connectivity index (χ3v) is 2.76. The molecule has 1 saturated carbocycles. The van der Waals surface area contributed by atoms with Crippen LogP contribution in [0.2, 0.25) is 0 Å². The summed E-state index contributed by atoms with van der Waals surface area (Å²) in [6.07, 6.45) is -0.0797. The molecular formula is C11H14FNO. The van der Waals surface area contributed by atoms with Crippen LogP contribution in [0.1, 0.15) is 5.56 Å². The molecule has 0 saturated heterocycles. The fraction of sp³-hybridized carbons (Fsp3) is 0.455. The van der Waals surface area contributed by atoms with E-state index in [-0.39, 0.29) is 12.0 Å². The molecule has 0 bridgehead atoms. The fourth-order valence-electron chi connectivity index (χ4n) is 1.64. The summed E-state index contributed by atoms with van der Waals surface area (Å²) in [4.78, 5) is 0. The van der Waals surface area contributed by atoms with Crippen molar-refractivity contribution in [2.75, 3.05) is 7.11 Å². The second-order valence-electron chi connectivity index (χ2n) is 3.74. The number of alkyl halides is 1. The Hall–Kier alpha value is -1.09. The Morgan fingerprint density at radius 1 is 1.36 bits per heavy atom. The van der Waals surface area contributed by atoms with Crippen molar-refractivity contribution in [2.24, 2.45) is 11.7 Å². The van der Waals surface area contributed by atoms with Gasteiger partial charge >= 0.3 is 0 Å². The molecule has 76 valence electrons. The van der Waals surface area contributed by atoms with Crippen LogP contribution in [0.3, 0.4) is 0 Å². The van der Waals surface area contributed by atoms with Crippen LogP contribution in [0.25, 0.3) is 0 Å². The molecule has 0 aliphatic heterocycles. The molecule has 3 atom stereocenters. The van der Waals surface area contributed by atoms with Gasteiger partial charge in [-0.05, 0) is 24.1 Å². The summed E-state index contributed by atoms with van der Waals surface area (Å²) in [5.41, 5.74) is 6.63. The van der Waals surface area contributed by atoms with Gasteiger partial charge in [0.1, 0.15) is 11.9 Å². The van der Waals surface area contributed by atoms with Crippen LogP contribution < -0.4 is 10.5 Å². The third kappa shape index (κ3) is 1.73. The molecule has 1 aromatic carbocycles.